The van der Waals surface area contributed by atoms with Gasteiger partial charge in [0.05, 0.1) is 18.2 Å². The van der Waals surface area contributed by atoms with Crippen molar-refractivity contribution in [3.8, 4) is 0 Å². The van der Waals surface area contributed by atoms with E-state index in [2.05, 4.69) is 37.3 Å². The van der Waals surface area contributed by atoms with Crippen LogP contribution < -0.4 is 0 Å². The summed E-state index contributed by atoms with van der Waals surface area (Å²) in [6.45, 7) is 3.23. The van der Waals surface area contributed by atoms with Gasteiger partial charge in [-0.05, 0) is 43.6 Å². The average Bonchev–Trinajstić information content (AvgIpc) is 3.23. The summed E-state index contributed by atoms with van der Waals surface area (Å²) in [6, 6.07) is 11.0. The topological polar surface area (TPSA) is 30.9 Å². The fourth-order valence-corrected chi connectivity index (χ4v) is 7.78. The molecule has 5 fully saturated rings. The Bertz CT molecular complexity index is 735. The lowest BCUT2D eigenvalue weighted by Gasteiger charge is -2.50. The van der Waals surface area contributed by atoms with Gasteiger partial charge in [0, 0.05) is 17.8 Å². The molecule has 4 heteroatoms. The zero-order chi connectivity index (χ0) is 20.1. The molecular formula is C26H37NO3. The van der Waals surface area contributed by atoms with E-state index in [1.807, 2.05) is 5.23 Å². The number of hydrogen-bond donors (Lipinski definition) is 0. The van der Waals surface area contributed by atoms with E-state index < -0.39 is 0 Å². The van der Waals surface area contributed by atoms with Crippen LogP contribution in [0.2, 0.25) is 0 Å². The van der Waals surface area contributed by atoms with Gasteiger partial charge in [-0.1, -0.05) is 80.5 Å². The van der Waals surface area contributed by atoms with Gasteiger partial charge in [0.15, 0.2) is 6.29 Å². The Morgan fingerprint density at radius 3 is 2.57 bits per heavy atom. The van der Waals surface area contributed by atoms with Crippen molar-refractivity contribution in [3.05, 3.63) is 35.9 Å². The summed E-state index contributed by atoms with van der Waals surface area (Å²) < 4.78 is 6.90. The molecule has 6 rings (SSSR count). The summed E-state index contributed by atoms with van der Waals surface area (Å²) in [5, 5.41) is 1.91. The highest BCUT2D eigenvalue weighted by Gasteiger charge is 2.68. The van der Waals surface area contributed by atoms with Gasteiger partial charge in [0.25, 0.3) is 0 Å². The van der Waals surface area contributed by atoms with Crippen LogP contribution in [0.1, 0.15) is 82.6 Å². The normalized spacial score (nSPS) is 44.4. The van der Waals surface area contributed by atoms with E-state index in [4.69, 9.17) is 14.4 Å². The molecule has 30 heavy (non-hydrogen) atoms. The molecule has 0 amide bonds. The third-order valence-electron chi connectivity index (χ3n) is 9.25. The van der Waals surface area contributed by atoms with Crippen LogP contribution in [0.4, 0.5) is 0 Å². The smallest absolute Gasteiger partial charge is 0.183 e. The van der Waals surface area contributed by atoms with Crippen molar-refractivity contribution in [2.45, 2.75) is 95.0 Å². The molecular weight excluding hydrogens is 374 g/mol. The maximum absolute atomic E-state index is 6.90. The van der Waals surface area contributed by atoms with Gasteiger partial charge in [-0.2, -0.15) is 0 Å². The number of nitrogens with zero attached hydrogens (tertiary/aromatic N) is 1. The van der Waals surface area contributed by atoms with Crippen molar-refractivity contribution in [1.82, 2.24) is 5.23 Å². The van der Waals surface area contributed by atoms with E-state index in [0.717, 1.165) is 18.9 Å². The molecule has 0 N–H and O–H groups in total. The van der Waals surface area contributed by atoms with E-state index in [9.17, 15) is 0 Å². The zero-order valence-corrected chi connectivity index (χ0v) is 18.4. The van der Waals surface area contributed by atoms with Crippen molar-refractivity contribution in [3.63, 3.8) is 0 Å². The molecule has 0 unspecified atom stereocenters. The van der Waals surface area contributed by atoms with Crippen LogP contribution in [-0.4, -0.2) is 29.8 Å². The third kappa shape index (κ3) is 3.09. The molecule has 3 aliphatic carbocycles. The number of hydrogen-bond acceptors (Lipinski definition) is 4. The third-order valence-corrected chi connectivity index (χ3v) is 9.25. The van der Waals surface area contributed by atoms with Crippen LogP contribution in [0.25, 0.3) is 0 Å². The second-order valence-corrected chi connectivity index (χ2v) is 10.7. The largest absolute Gasteiger partial charge is 0.347 e. The van der Waals surface area contributed by atoms with Crippen molar-refractivity contribution in [2.24, 2.45) is 23.7 Å². The Kier molecular flexibility index (Phi) is 5.18. The quantitative estimate of drug-likeness (QED) is 0.623. The molecule has 5 aliphatic rings. The summed E-state index contributed by atoms with van der Waals surface area (Å²) in [4.78, 5) is 12.6. The molecule has 2 heterocycles. The zero-order valence-electron chi connectivity index (χ0n) is 18.4. The summed E-state index contributed by atoms with van der Waals surface area (Å²) in [7, 11) is 0. The van der Waals surface area contributed by atoms with Crippen molar-refractivity contribution in [2.75, 3.05) is 6.61 Å². The first kappa shape index (κ1) is 19.7. The first-order chi connectivity index (χ1) is 14.7. The van der Waals surface area contributed by atoms with E-state index in [1.165, 1.54) is 63.4 Å². The molecule has 0 aromatic heterocycles. The summed E-state index contributed by atoms with van der Waals surface area (Å²) in [5.41, 5.74) is 1.47. The summed E-state index contributed by atoms with van der Waals surface area (Å²) in [5.74, 6) is 3.03. The molecule has 7 atom stereocenters. The number of hydroxylamine groups is 2. The van der Waals surface area contributed by atoms with Gasteiger partial charge >= 0.3 is 0 Å². The van der Waals surface area contributed by atoms with E-state index in [0.29, 0.717) is 23.7 Å². The molecule has 2 saturated heterocycles. The SMILES string of the molecule is C[C@]12[C@@H]3CON1O[C@H](O[C@@H]1CCCC[C@H]1c1ccccc1)[C@@H](C3)[C@H]2C1CCCCC1. The highest BCUT2D eigenvalue weighted by molar-refractivity contribution is 5.21. The highest BCUT2D eigenvalue weighted by Crippen LogP contribution is 2.61. The van der Waals surface area contributed by atoms with Gasteiger partial charge in [-0.3, -0.25) is 4.84 Å². The minimum Gasteiger partial charge on any atom is -0.347 e. The lowest BCUT2D eigenvalue weighted by Crippen LogP contribution is -2.58. The molecule has 1 aromatic rings. The van der Waals surface area contributed by atoms with Crippen LogP contribution >= 0.6 is 0 Å². The molecule has 2 bridgehead atoms. The number of benzene rings is 1. The average molecular weight is 412 g/mol. The summed E-state index contributed by atoms with van der Waals surface area (Å²) >= 11 is 0. The Balaban J connectivity index is 1.26. The first-order valence-corrected chi connectivity index (χ1v) is 12.6. The van der Waals surface area contributed by atoms with Crippen LogP contribution in [0, 0.1) is 23.7 Å². The summed E-state index contributed by atoms with van der Waals surface area (Å²) in [6.07, 6.45) is 13.2. The number of ether oxygens (including phenoxy) is 1. The minimum atomic E-state index is -0.149. The second-order valence-electron chi connectivity index (χ2n) is 10.7. The van der Waals surface area contributed by atoms with Crippen molar-refractivity contribution in [1.29, 1.82) is 0 Å². The molecule has 164 valence electrons. The maximum Gasteiger partial charge on any atom is 0.183 e. The van der Waals surface area contributed by atoms with Gasteiger partial charge < -0.3 is 4.74 Å². The van der Waals surface area contributed by atoms with E-state index in [-0.39, 0.29) is 17.9 Å². The molecule has 0 radical (unpaired) electrons. The Morgan fingerprint density at radius 2 is 1.73 bits per heavy atom. The molecule has 3 saturated carbocycles. The fraction of sp³-hybridized carbons (Fsp3) is 0.769. The fourth-order valence-electron chi connectivity index (χ4n) is 7.78. The van der Waals surface area contributed by atoms with Gasteiger partial charge in [-0.25, -0.2) is 4.84 Å². The lowest BCUT2D eigenvalue weighted by molar-refractivity contribution is -0.469. The van der Waals surface area contributed by atoms with Crippen molar-refractivity contribution >= 4 is 0 Å². The standard InChI is InChI=1S/C26H37NO3/c1-26-20-16-22(24(26)19-12-6-3-7-13-19)25(30-27(26)28-17-20)29-23-15-9-8-14-21(23)18-10-4-2-5-11-18/h2,4-5,10-11,19-25H,3,6-9,12-17H2,1H3/t20-,21-,22-,23+,24+,25-,26+/m0/s1. The predicted molar refractivity (Wildman–Crippen MR) is 115 cm³/mol. The van der Waals surface area contributed by atoms with E-state index >= 15 is 0 Å². The lowest BCUT2D eigenvalue weighted by atomic mass is 9.68. The number of rotatable bonds is 4. The second kappa shape index (κ2) is 7.88. The molecule has 2 aliphatic heterocycles. The van der Waals surface area contributed by atoms with Gasteiger partial charge in [0.1, 0.15) is 0 Å². The highest BCUT2D eigenvalue weighted by atomic mass is 17.0. The van der Waals surface area contributed by atoms with Crippen LogP contribution in [0.5, 0.6) is 0 Å². The molecule has 1 aromatic carbocycles. The van der Waals surface area contributed by atoms with E-state index in [1.54, 1.807) is 0 Å². The molecule has 4 nitrogen and oxygen atoms in total. The van der Waals surface area contributed by atoms with Crippen molar-refractivity contribution < 1.29 is 14.4 Å². The minimum absolute atomic E-state index is 0.0396. The molecule has 0 spiro atoms. The van der Waals surface area contributed by atoms with Gasteiger partial charge in [-0.15, -0.1) is 0 Å². The Hall–Kier alpha value is -0.940. The number of fused-ring (bicyclic) bond motifs is 1. The van der Waals surface area contributed by atoms with Crippen LogP contribution in [-0.2, 0) is 14.4 Å². The Labute approximate surface area is 181 Å². The Morgan fingerprint density at radius 1 is 0.967 bits per heavy atom. The maximum atomic E-state index is 6.90. The van der Waals surface area contributed by atoms with Crippen LogP contribution in [0.15, 0.2) is 30.3 Å². The monoisotopic (exact) mass is 411 g/mol. The predicted octanol–water partition coefficient (Wildman–Crippen LogP) is 5.84. The van der Waals surface area contributed by atoms with Crippen LogP contribution in [0.3, 0.4) is 0 Å². The first-order valence-electron chi connectivity index (χ1n) is 12.6. The van der Waals surface area contributed by atoms with Gasteiger partial charge in [0.2, 0.25) is 0 Å².